The number of benzene rings is 1. The number of rotatable bonds is 2. The molecule has 0 aliphatic heterocycles. The van der Waals surface area contributed by atoms with E-state index in [0.717, 1.165) is 6.07 Å². The largest absolute Gasteiger partial charge is 0.465 e. The molecule has 0 saturated heterocycles. The van der Waals surface area contributed by atoms with Crippen molar-refractivity contribution in [1.82, 2.24) is 4.98 Å². The van der Waals surface area contributed by atoms with E-state index in [9.17, 15) is 18.0 Å². The zero-order valence-corrected chi connectivity index (χ0v) is 12.3. The molecule has 2 aromatic rings. The number of nitrogens with zero attached hydrogens (tertiary/aromatic N) is 1. The van der Waals surface area contributed by atoms with Gasteiger partial charge in [-0.15, -0.1) is 0 Å². The van der Waals surface area contributed by atoms with E-state index in [-0.39, 0.29) is 16.7 Å². The summed E-state index contributed by atoms with van der Waals surface area (Å²) in [5.41, 5.74) is 0.208. The van der Waals surface area contributed by atoms with Gasteiger partial charge in [0.2, 0.25) is 0 Å². The van der Waals surface area contributed by atoms with Gasteiger partial charge < -0.3 is 4.74 Å². The van der Waals surface area contributed by atoms with Crippen LogP contribution in [0.25, 0.3) is 11.1 Å². The molecule has 0 saturated carbocycles. The Labute approximate surface area is 125 Å². The lowest BCUT2D eigenvalue weighted by Crippen LogP contribution is -2.12. The Morgan fingerprint density at radius 2 is 1.77 bits per heavy atom. The summed E-state index contributed by atoms with van der Waals surface area (Å²) >= 11 is 0. The number of aromatic nitrogens is 1. The third kappa shape index (κ3) is 2.95. The minimum atomic E-state index is -4.52. The number of methoxy groups -OCH3 is 1. The molecular weight excluding hydrogens is 295 g/mol. The summed E-state index contributed by atoms with van der Waals surface area (Å²) < 4.78 is 44.3. The molecule has 0 unspecified atom stereocenters. The number of esters is 1. The van der Waals surface area contributed by atoms with Crippen molar-refractivity contribution in [2.45, 2.75) is 20.0 Å². The lowest BCUT2D eigenvalue weighted by atomic mass is 9.94. The first kappa shape index (κ1) is 16.0. The van der Waals surface area contributed by atoms with E-state index in [0.29, 0.717) is 11.4 Å². The lowest BCUT2D eigenvalue weighted by molar-refractivity contribution is -0.137. The number of carbonyl (C=O) groups is 1. The van der Waals surface area contributed by atoms with Gasteiger partial charge in [-0.05, 0) is 31.5 Å². The second-order valence-corrected chi connectivity index (χ2v) is 4.81. The minimum absolute atomic E-state index is 0.0461. The number of alkyl halides is 3. The monoisotopic (exact) mass is 309 g/mol. The third-order valence-corrected chi connectivity index (χ3v) is 3.24. The lowest BCUT2D eigenvalue weighted by Gasteiger charge is -2.16. The van der Waals surface area contributed by atoms with Crippen LogP contribution in [0.4, 0.5) is 13.2 Å². The molecule has 0 fully saturated rings. The quantitative estimate of drug-likeness (QED) is 0.782. The van der Waals surface area contributed by atoms with Gasteiger partial charge in [-0.2, -0.15) is 13.2 Å². The van der Waals surface area contributed by atoms with Gasteiger partial charge in [-0.25, -0.2) is 4.79 Å². The Kier molecular flexibility index (Phi) is 4.21. The van der Waals surface area contributed by atoms with Crippen LogP contribution in [0.3, 0.4) is 0 Å². The molecule has 0 N–H and O–H groups in total. The van der Waals surface area contributed by atoms with Crippen molar-refractivity contribution >= 4 is 5.97 Å². The minimum Gasteiger partial charge on any atom is -0.465 e. The first-order chi connectivity index (χ1) is 10.3. The topological polar surface area (TPSA) is 39.2 Å². The Bertz CT molecular complexity index is 724. The fourth-order valence-corrected chi connectivity index (χ4v) is 2.37. The Balaban J connectivity index is 2.81. The SMILES string of the molecule is COC(=O)c1c(-c2ccccc2C(F)(F)F)cc(C)nc1C. The molecule has 0 radical (unpaired) electrons. The first-order valence-electron chi connectivity index (χ1n) is 6.49. The van der Waals surface area contributed by atoms with Gasteiger partial charge in [0.25, 0.3) is 0 Å². The molecule has 2 rings (SSSR count). The number of hydrogen-bond acceptors (Lipinski definition) is 3. The molecular formula is C16H14F3NO2. The molecule has 1 heterocycles. The highest BCUT2D eigenvalue weighted by Crippen LogP contribution is 2.38. The van der Waals surface area contributed by atoms with Crippen LogP contribution in [-0.2, 0) is 10.9 Å². The van der Waals surface area contributed by atoms with E-state index < -0.39 is 17.7 Å². The highest BCUT2D eigenvalue weighted by atomic mass is 19.4. The predicted molar refractivity (Wildman–Crippen MR) is 75.5 cm³/mol. The van der Waals surface area contributed by atoms with E-state index in [4.69, 9.17) is 0 Å². The van der Waals surface area contributed by atoms with Crippen LogP contribution in [0.2, 0.25) is 0 Å². The molecule has 22 heavy (non-hydrogen) atoms. The summed E-state index contributed by atoms with van der Waals surface area (Å²) in [5.74, 6) is -0.711. The third-order valence-electron chi connectivity index (χ3n) is 3.24. The summed E-state index contributed by atoms with van der Waals surface area (Å²) in [4.78, 5) is 16.1. The molecule has 0 atom stereocenters. The maximum atomic E-state index is 13.2. The summed E-state index contributed by atoms with van der Waals surface area (Å²) in [6.45, 7) is 3.23. The molecule has 0 amide bonds. The van der Waals surface area contributed by atoms with Crippen molar-refractivity contribution < 1.29 is 22.7 Å². The van der Waals surface area contributed by atoms with Gasteiger partial charge in [0.1, 0.15) is 0 Å². The summed E-state index contributed by atoms with van der Waals surface area (Å²) in [5, 5.41) is 0. The highest BCUT2D eigenvalue weighted by Gasteiger charge is 2.34. The van der Waals surface area contributed by atoms with E-state index in [2.05, 4.69) is 9.72 Å². The van der Waals surface area contributed by atoms with Gasteiger partial charge in [0.05, 0.1) is 23.9 Å². The van der Waals surface area contributed by atoms with Crippen molar-refractivity contribution in [3.8, 4) is 11.1 Å². The van der Waals surface area contributed by atoms with E-state index in [1.807, 2.05) is 0 Å². The number of carbonyl (C=O) groups excluding carboxylic acids is 1. The molecule has 1 aromatic carbocycles. The Hall–Kier alpha value is -2.37. The molecule has 116 valence electrons. The maximum absolute atomic E-state index is 13.2. The average molecular weight is 309 g/mol. The van der Waals surface area contributed by atoms with Crippen LogP contribution in [0.5, 0.6) is 0 Å². The molecule has 3 nitrogen and oxygen atoms in total. The average Bonchev–Trinajstić information content (AvgIpc) is 2.45. The molecule has 0 bridgehead atoms. The first-order valence-corrected chi connectivity index (χ1v) is 6.49. The summed E-state index contributed by atoms with van der Waals surface area (Å²) in [6, 6.07) is 6.59. The number of halogens is 3. The smallest absolute Gasteiger partial charge is 0.417 e. The number of aryl methyl sites for hydroxylation is 2. The fourth-order valence-electron chi connectivity index (χ4n) is 2.37. The molecule has 0 aliphatic rings. The van der Waals surface area contributed by atoms with Crippen molar-refractivity contribution in [2.75, 3.05) is 7.11 Å². The van der Waals surface area contributed by atoms with Gasteiger partial charge in [0, 0.05) is 11.3 Å². The van der Waals surface area contributed by atoms with E-state index in [1.165, 1.54) is 31.4 Å². The van der Waals surface area contributed by atoms with Crippen LogP contribution in [0.15, 0.2) is 30.3 Å². The van der Waals surface area contributed by atoms with Gasteiger partial charge in [0.15, 0.2) is 0 Å². The van der Waals surface area contributed by atoms with Crippen LogP contribution < -0.4 is 0 Å². The second kappa shape index (κ2) is 5.79. The van der Waals surface area contributed by atoms with Gasteiger partial charge >= 0.3 is 12.1 Å². The zero-order valence-electron chi connectivity index (χ0n) is 12.3. The Morgan fingerprint density at radius 3 is 2.36 bits per heavy atom. The van der Waals surface area contributed by atoms with Gasteiger partial charge in [-0.3, -0.25) is 4.98 Å². The standard InChI is InChI=1S/C16H14F3NO2/c1-9-8-12(14(10(2)20-9)15(21)22-3)11-6-4-5-7-13(11)16(17,18)19/h4-8H,1-3H3. The van der Waals surface area contributed by atoms with Crippen molar-refractivity contribution in [3.63, 3.8) is 0 Å². The molecule has 0 spiro atoms. The zero-order chi connectivity index (χ0) is 16.5. The predicted octanol–water partition coefficient (Wildman–Crippen LogP) is 4.17. The van der Waals surface area contributed by atoms with E-state index >= 15 is 0 Å². The molecule has 6 heteroatoms. The van der Waals surface area contributed by atoms with Crippen LogP contribution in [0, 0.1) is 13.8 Å². The van der Waals surface area contributed by atoms with Crippen molar-refractivity contribution in [2.24, 2.45) is 0 Å². The van der Waals surface area contributed by atoms with Crippen LogP contribution in [0.1, 0.15) is 27.3 Å². The maximum Gasteiger partial charge on any atom is 0.417 e. The number of pyridine rings is 1. The Morgan fingerprint density at radius 1 is 1.14 bits per heavy atom. The van der Waals surface area contributed by atoms with Crippen molar-refractivity contribution in [3.05, 3.63) is 52.8 Å². The molecule has 1 aromatic heterocycles. The highest BCUT2D eigenvalue weighted by molar-refractivity contribution is 5.98. The fraction of sp³-hybridized carbons (Fsp3) is 0.250. The van der Waals surface area contributed by atoms with Gasteiger partial charge in [-0.1, -0.05) is 18.2 Å². The number of hydrogen-bond donors (Lipinski definition) is 0. The van der Waals surface area contributed by atoms with E-state index in [1.54, 1.807) is 13.8 Å². The van der Waals surface area contributed by atoms with Crippen LogP contribution >= 0.6 is 0 Å². The number of ether oxygens (including phenoxy) is 1. The normalized spacial score (nSPS) is 11.4. The summed E-state index contributed by atoms with van der Waals surface area (Å²) in [6.07, 6.45) is -4.52. The van der Waals surface area contributed by atoms with Crippen molar-refractivity contribution in [1.29, 1.82) is 0 Å². The second-order valence-electron chi connectivity index (χ2n) is 4.81. The summed E-state index contributed by atoms with van der Waals surface area (Å²) in [7, 11) is 1.18. The van der Waals surface area contributed by atoms with Crippen LogP contribution in [-0.4, -0.2) is 18.1 Å². The molecule has 0 aliphatic carbocycles.